The Kier molecular flexibility index (Phi) is 5.14. The maximum Gasteiger partial charge on any atom is 0.407 e. The third-order valence-electron chi connectivity index (χ3n) is 5.88. The Morgan fingerprint density at radius 1 is 1.24 bits per heavy atom. The average molecular weight is 412 g/mol. The van der Waals surface area contributed by atoms with Crippen LogP contribution in [0.4, 0.5) is 18.0 Å². The molecule has 158 valence electrons. The first-order chi connectivity index (χ1) is 13.7. The molecule has 1 aliphatic heterocycles. The number of ether oxygens (including phenoxy) is 1. The number of carbonyl (C=O) groups is 1. The maximum absolute atomic E-state index is 12.9. The molecule has 0 bridgehead atoms. The zero-order valence-corrected chi connectivity index (χ0v) is 16.0. The first-order valence-electron chi connectivity index (χ1n) is 9.76. The van der Waals surface area contributed by atoms with Crippen LogP contribution in [-0.2, 0) is 4.74 Å². The lowest BCUT2D eigenvalue weighted by atomic mass is 9.80. The fourth-order valence-corrected chi connectivity index (χ4v) is 4.29. The van der Waals surface area contributed by atoms with E-state index >= 15 is 0 Å². The van der Waals surface area contributed by atoms with Gasteiger partial charge in [-0.2, -0.15) is 18.3 Å². The lowest BCUT2D eigenvalue weighted by Crippen LogP contribution is -2.42. The second-order valence-corrected chi connectivity index (χ2v) is 7.84. The molecule has 1 amide bonds. The number of hydrogen-bond donors (Lipinski definition) is 1. The van der Waals surface area contributed by atoms with Gasteiger partial charge in [0.15, 0.2) is 5.65 Å². The minimum absolute atomic E-state index is 0.0359. The molecule has 1 N–H and O–H groups in total. The zero-order valence-electron chi connectivity index (χ0n) is 16.0. The van der Waals surface area contributed by atoms with Gasteiger partial charge in [-0.1, -0.05) is 0 Å². The molecule has 0 unspecified atom stereocenters. The number of fused-ring (bicyclic) bond motifs is 1. The SMILES string of the molecule is Cc1cc([C@H]2CN(C(=O)O)CCO2)n2nc(C3CCC(C(F)(F)F)CC3)cc2n1. The van der Waals surface area contributed by atoms with Crippen molar-refractivity contribution in [2.45, 2.75) is 50.8 Å². The van der Waals surface area contributed by atoms with Gasteiger partial charge >= 0.3 is 12.3 Å². The molecule has 10 heteroatoms. The summed E-state index contributed by atoms with van der Waals surface area (Å²) in [6.45, 7) is 2.63. The van der Waals surface area contributed by atoms with Gasteiger partial charge in [-0.15, -0.1) is 0 Å². The summed E-state index contributed by atoms with van der Waals surface area (Å²) in [4.78, 5) is 17.1. The van der Waals surface area contributed by atoms with Crippen molar-refractivity contribution in [3.63, 3.8) is 0 Å². The molecule has 1 aliphatic carbocycles. The Labute approximate surface area is 165 Å². The molecular weight excluding hydrogens is 389 g/mol. The van der Waals surface area contributed by atoms with Crippen LogP contribution >= 0.6 is 0 Å². The number of amides is 1. The van der Waals surface area contributed by atoms with E-state index in [2.05, 4.69) is 10.1 Å². The van der Waals surface area contributed by atoms with Crippen molar-refractivity contribution >= 4 is 11.7 Å². The molecule has 1 saturated heterocycles. The van der Waals surface area contributed by atoms with Crippen LogP contribution in [0.15, 0.2) is 12.1 Å². The highest BCUT2D eigenvalue weighted by molar-refractivity contribution is 5.65. The van der Waals surface area contributed by atoms with Gasteiger partial charge in [0.2, 0.25) is 0 Å². The number of aromatic nitrogens is 3. The van der Waals surface area contributed by atoms with Crippen molar-refractivity contribution in [2.75, 3.05) is 19.7 Å². The van der Waals surface area contributed by atoms with Crippen LogP contribution in [0, 0.1) is 12.8 Å². The van der Waals surface area contributed by atoms with Crippen LogP contribution in [0.25, 0.3) is 5.65 Å². The van der Waals surface area contributed by atoms with Gasteiger partial charge in [0.1, 0.15) is 6.10 Å². The van der Waals surface area contributed by atoms with Gasteiger partial charge in [-0.3, -0.25) is 0 Å². The minimum atomic E-state index is -4.13. The Morgan fingerprint density at radius 3 is 2.62 bits per heavy atom. The Morgan fingerprint density at radius 2 is 1.97 bits per heavy atom. The third-order valence-corrected chi connectivity index (χ3v) is 5.88. The maximum atomic E-state index is 12.9. The standard InChI is InChI=1S/C19H23F3N4O3/c1-11-8-15(16-10-25(18(27)28)6-7-29-16)26-17(23-11)9-14(24-26)12-2-4-13(5-3-12)19(20,21)22/h8-9,12-13,16H,2-7,10H2,1H3,(H,27,28)/t12?,13?,16-/m1/s1. The summed E-state index contributed by atoms with van der Waals surface area (Å²) in [6, 6.07) is 3.65. The molecule has 0 aromatic carbocycles. The summed E-state index contributed by atoms with van der Waals surface area (Å²) in [5.74, 6) is -1.27. The summed E-state index contributed by atoms with van der Waals surface area (Å²) in [7, 11) is 0. The highest BCUT2D eigenvalue weighted by atomic mass is 19.4. The molecule has 0 radical (unpaired) electrons. The first-order valence-corrected chi connectivity index (χ1v) is 9.76. The Hall–Kier alpha value is -2.36. The second kappa shape index (κ2) is 7.47. The minimum Gasteiger partial charge on any atom is -0.465 e. The van der Waals surface area contributed by atoms with E-state index in [-0.39, 0.29) is 31.9 Å². The van der Waals surface area contributed by atoms with Crippen molar-refractivity contribution in [2.24, 2.45) is 5.92 Å². The predicted octanol–water partition coefficient (Wildman–Crippen LogP) is 3.93. The van der Waals surface area contributed by atoms with Crippen LogP contribution in [-0.4, -0.2) is 56.6 Å². The van der Waals surface area contributed by atoms with Crippen LogP contribution in [0.5, 0.6) is 0 Å². The molecule has 2 fully saturated rings. The van der Waals surface area contributed by atoms with Crippen LogP contribution in [0.1, 0.15) is 54.8 Å². The van der Waals surface area contributed by atoms with E-state index in [9.17, 15) is 23.1 Å². The lowest BCUT2D eigenvalue weighted by molar-refractivity contribution is -0.182. The number of aryl methyl sites for hydroxylation is 1. The highest BCUT2D eigenvalue weighted by Gasteiger charge is 2.42. The quantitative estimate of drug-likeness (QED) is 0.809. The molecule has 2 aromatic heterocycles. The van der Waals surface area contributed by atoms with Gasteiger partial charge < -0.3 is 14.7 Å². The lowest BCUT2D eigenvalue weighted by Gasteiger charge is -2.31. The van der Waals surface area contributed by atoms with Gasteiger partial charge in [0.05, 0.1) is 30.5 Å². The number of morpholine rings is 1. The van der Waals surface area contributed by atoms with Crippen molar-refractivity contribution in [3.05, 3.63) is 29.2 Å². The summed E-state index contributed by atoms with van der Waals surface area (Å²) in [5, 5.41) is 13.9. The van der Waals surface area contributed by atoms with Crippen molar-refractivity contribution in [3.8, 4) is 0 Å². The molecule has 2 aliphatic rings. The fourth-order valence-electron chi connectivity index (χ4n) is 4.29. The first kappa shape index (κ1) is 19.9. The van der Waals surface area contributed by atoms with Crippen LogP contribution in [0.3, 0.4) is 0 Å². The summed E-state index contributed by atoms with van der Waals surface area (Å²) >= 11 is 0. The van der Waals surface area contributed by atoms with Crippen LogP contribution < -0.4 is 0 Å². The van der Waals surface area contributed by atoms with E-state index in [0.29, 0.717) is 30.7 Å². The van der Waals surface area contributed by atoms with Crippen molar-refractivity contribution in [1.82, 2.24) is 19.5 Å². The summed E-state index contributed by atoms with van der Waals surface area (Å²) < 4.78 is 46.3. The molecule has 1 saturated carbocycles. The number of nitrogens with zero attached hydrogens (tertiary/aromatic N) is 4. The third kappa shape index (κ3) is 4.03. The van der Waals surface area contributed by atoms with E-state index in [1.54, 1.807) is 4.52 Å². The topological polar surface area (TPSA) is 80.0 Å². The normalized spacial score (nSPS) is 26.1. The van der Waals surface area contributed by atoms with Crippen molar-refractivity contribution < 1.29 is 27.8 Å². The monoisotopic (exact) mass is 412 g/mol. The molecule has 1 atom stereocenters. The van der Waals surface area contributed by atoms with E-state index in [4.69, 9.17) is 4.74 Å². The molecule has 2 aromatic rings. The molecular formula is C19H23F3N4O3. The van der Waals surface area contributed by atoms with Gasteiger partial charge in [0.25, 0.3) is 0 Å². The zero-order chi connectivity index (χ0) is 20.8. The van der Waals surface area contributed by atoms with E-state index < -0.39 is 24.3 Å². The molecule has 29 heavy (non-hydrogen) atoms. The number of rotatable bonds is 2. The van der Waals surface area contributed by atoms with E-state index in [1.165, 1.54) is 4.90 Å². The van der Waals surface area contributed by atoms with Gasteiger partial charge in [0, 0.05) is 24.2 Å². The predicted molar refractivity (Wildman–Crippen MR) is 96.8 cm³/mol. The summed E-state index contributed by atoms with van der Waals surface area (Å²) in [6.07, 6.45) is -4.50. The van der Waals surface area contributed by atoms with Gasteiger partial charge in [-0.05, 0) is 38.7 Å². The Bertz CT molecular complexity index is 906. The largest absolute Gasteiger partial charge is 0.465 e. The number of alkyl halides is 3. The smallest absolute Gasteiger partial charge is 0.407 e. The number of halogens is 3. The van der Waals surface area contributed by atoms with E-state index in [1.807, 2.05) is 19.1 Å². The van der Waals surface area contributed by atoms with Crippen molar-refractivity contribution in [1.29, 1.82) is 0 Å². The van der Waals surface area contributed by atoms with Crippen LogP contribution in [0.2, 0.25) is 0 Å². The van der Waals surface area contributed by atoms with E-state index in [0.717, 1.165) is 11.4 Å². The molecule has 3 heterocycles. The highest BCUT2D eigenvalue weighted by Crippen LogP contribution is 2.42. The second-order valence-electron chi connectivity index (χ2n) is 7.84. The molecule has 7 nitrogen and oxygen atoms in total. The average Bonchev–Trinajstić information content (AvgIpc) is 3.10. The molecule has 0 spiro atoms. The fraction of sp³-hybridized carbons (Fsp3) is 0.632. The van der Waals surface area contributed by atoms with Gasteiger partial charge in [-0.25, -0.2) is 14.3 Å². The summed E-state index contributed by atoms with van der Waals surface area (Å²) in [5.41, 5.74) is 2.78. The number of hydrogen-bond acceptors (Lipinski definition) is 4. The Balaban J connectivity index is 1.60. The molecule has 4 rings (SSSR count). The number of carboxylic acid groups (broad SMARTS) is 1.